The van der Waals surface area contributed by atoms with Crippen LogP contribution in [0.3, 0.4) is 0 Å². The molecule has 1 heterocycles. The van der Waals surface area contributed by atoms with Crippen LogP contribution < -0.4 is 10.2 Å². The molecule has 0 aliphatic carbocycles. The minimum atomic E-state index is -1.41. The maximum Gasteiger partial charge on any atom is 0.247 e. The van der Waals surface area contributed by atoms with Crippen molar-refractivity contribution < 1.29 is 14.4 Å². The number of carbonyl (C=O) groups is 3. The molecule has 1 saturated heterocycles. The molecule has 5 nitrogen and oxygen atoms in total. The maximum atomic E-state index is 12.5. The predicted octanol–water partition coefficient (Wildman–Crippen LogP) is 3.16. The van der Waals surface area contributed by atoms with Gasteiger partial charge in [-0.15, -0.1) is 0 Å². The average molecular weight is 363 g/mol. The van der Waals surface area contributed by atoms with E-state index in [1.54, 1.807) is 48.5 Å². The van der Waals surface area contributed by atoms with Gasteiger partial charge >= 0.3 is 0 Å². The van der Waals surface area contributed by atoms with Crippen LogP contribution in [0.2, 0.25) is 10.0 Å². The van der Waals surface area contributed by atoms with Crippen molar-refractivity contribution in [1.29, 1.82) is 0 Å². The molecule has 122 valence electrons. The van der Waals surface area contributed by atoms with Gasteiger partial charge in [0.15, 0.2) is 11.7 Å². The zero-order valence-corrected chi connectivity index (χ0v) is 13.8. The molecule has 1 aliphatic heterocycles. The fourth-order valence-electron chi connectivity index (χ4n) is 2.52. The Morgan fingerprint density at radius 1 is 1.00 bits per heavy atom. The molecule has 7 heteroatoms. The molecule has 1 unspecified atom stereocenters. The van der Waals surface area contributed by atoms with E-state index in [4.69, 9.17) is 23.2 Å². The summed E-state index contributed by atoms with van der Waals surface area (Å²) >= 11 is 12.0. The number of benzene rings is 2. The zero-order chi connectivity index (χ0) is 17.3. The number of amides is 2. The number of anilines is 2. The van der Waals surface area contributed by atoms with E-state index in [9.17, 15) is 14.4 Å². The summed E-state index contributed by atoms with van der Waals surface area (Å²) in [4.78, 5) is 38.4. The number of hydrogen-bond acceptors (Lipinski definition) is 3. The van der Waals surface area contributed by atoms with Crippen molar-refractivity contribution in [3.63, 3.8) is 0 Å². The number of para-hydroxylation sites is 2. The monoisotopic (exact) mass is 362 g/mol. The first-order valence-corrected chi connectivity index (χ1v) is 7.88. The summed E-state index contributed by atoms with van der Waals surface area (Å²) in [6.07, 6.45) is 0. The molecule has 3 rings (SSSR count). The van der Waals surface area contributed by atoms with Crippen LogP contribution in [-0.2, 0) is 14.4 Å². The molecule has 0 aromatic heterocycles. The normalized spacial score (nSPS) is 17.2. The van der Waals surface area contributed by atoms with E-state index in [1.165, 1.54) is 4.90 Å². The molecule has 0 bridgehead atoms. The lowest BCUT2D eigenvalue weighted by Gasteiger charge is -2.16. The van der Waals surface area contributed by atoms with Gasteiger partial charge in [0.05, 0.1) is 22.3 Å². The van der Waals surface area contributed by atoms with Crippen molar-refractivity contribution in [2.45, 2.75) is 0 Å². The van der Waals surface area contributed by atoms with E-state index in [1.807, 2.05) is 0 Å². The molecule has 0 spiro atoms. The van der Waals surface area contributed by atoms with E-state index in [2.05, 4.69) is 5.32 Å². The Bertz CT molecular complexity index is 804. The Hall–Kier alpha value is -2.37. The average Bonchev–Trinajstić information content (AvgIpc) is 2.86. The fraction of sp³-hybridized carbons (Fsp3) is 0.118. The number of Topliss-reactive ketones (excluding diaryl/α,β-unsaturated/α-hetero) is 1. The summed E-state index contributed by atoms with van der Waals surface area (Å²) in [5.41, 5.74) is 0.756. The Labute approximate surface area is 148 Å². The van der Waals surface area contributed by atoms with Crippen molar-refractivity contribution in [3.8, 4) is 0 Å². The number of nitrogens with one attached hydrogen (secondary N) is 1. The van der Waals surface area contributed by atoms with Crippen LogP contribution in [0.25, 0.3) is 0 Å². The number of ketones is 1. The number of hydrogen-bond donors (Lipinski definition) is 1. The maximum absolute atomic E-state index is 12.5. The SMILES string of the molecule is O=C1CN(c2ccccc2)C(=O)C1C(=O)Nc1c(Cl)cccc1Cl. The smallest absolute Gasteiger partial charge is 0.247 e. The second kappa shape index (κ2) is 6.63. The van der Waals surface area contributed by atoms with Gasteiger partial charge in [-0.2, -0.15) is 0 Å². The quantitative estimate of drug-likeness (QED) is 0.852. The van der Waals surface area contributed by atoms with Gasteiger partial charge in [0, 0.05) is 5.69 Å². The van der Waals surface area contributed by atoms with Gasteiger partial charge < -0.3 is 10.2 Å². The van der Waals surface area contributed by atoms with E-state index < -0.39 is 23.5 Å². The minimum Gasteiger partial charge on any atom is -0.322 e. The van der Waals surface area contributed by atoms with Crippen molar-refractivity contribution in [3.05, 3.63) is 58.6 Å². The van der Waals surface area contributed by atoms with Crippen molar-refractivity contribution in [1.82, 2.24) is 0 Å². The summed E-state index contributed by atoms with van der Waals surface area (Å²) in [6.45, 7) is -0.142. The summed E-state index contributed by atoms with van der Waals surface area (Å²) < 4.78 is 0. The lowest BCUT2D eigenvalue weighted by atomic mass is 10.1. The van der Waals surface area contributed by atoms with E-state index >= 15 is 0 Å². The Kier molecular flexibility index (Phi) is 4.55. The van der Waals surface area contributed by atoms with Crippen LogP contribution in [0.5, 0.6) is 0 Å². The molecule has 0 radical (unpaired) electrons. The summed E-state index contributed by atoms with van der Waals surface area (Å²) in [5, 5.41) is 2.94. The Morgan fingerprint density at radius 2 is 1.62 bits per heavy atom. The van der Waals surface area contributed by atoms with Gasteiger partial charge in [-0.25, -0.2) is 0 Å². The second-order valence-electron chi connectivity index (χ2n) is 5.25. The molecule has 1 fully saturated rings. The minimum absolute atomic E-state index is 0.142. The van der Waals surface area contributed by atoms with Gasteiger partial charge in [-0.05, 0) is 24.3 Å². The predicted molar refractivity (Wildman–Crippen MR) is 92.4 cm³/mol. The molecule has 1 aliphatic rings. The highest BCUT2D eigenvalue weighted by molar-refractivity contribution is 6.40. The molecular weight excluding hydrogens is 351 g/mol. The molecule has 24 heavy (non-hydrogen) atoms. The first kappa shape index (κ1) is 16.5. The number of carbonyl (C=O) groups excluding carboxylic acids is 3. The number of rotatable bonds is 3. The fourth-order valence-corrected chi connectivity index (χ4v) is 3.01. The van der Waals surface area contributed by atoms with Crippen LogP contribution in [0.4, 0.5) is 11.4 Å². The van der Waals surface area contributed by atoms with Crippen molar-refractivity contribution >= 4 is 52.2 Å². The van der Waals surface area contributed by atoms with E-state index in [0.717, 1.165) is 0 Å². The first-order valence-electron chi connectivity index (χ1n) is 7.13. The lowest BCUT2D eigenvalue weighted by molar-refractivity contribution is -0.134. The third kappa shape index (κ3) is 3.00. The third-order valence-corrected chi connectivity index (χ3v) is 4.32. The van der Waals surface area contributed by atoms with Gasteiger partial charge in [-0.1, -0.05) is 47.5 Å². The van der Waals surface area contributed by atoms with Gasteiger partial charge in [0.25, 0.3) is 0 Å². The van der Waals surface area contributed by atoms with Gasteiger partial charge in [0.2, 0.25) is 11.8 Å². The lowest BCUT2D eigenvalue weighted by Crippen LogP contribution is -2.34. The molecule has 2 amide bonds. The van der Waals surface area contributed by atoms with Crippen LogP contribution in [0.1, 0.15) is 0 Å². The summed E-state index contributed by atoms with van der Waals surface area (Å²) in [7, 11) is 0. The third-order valence-electron chi connectivity index (χ3n) is 3.69. The van der Waals surface area contributed by atoms with E-state index in [-0.39, 0.29) is 22.3 Å². The van der Waals surface area contributed by atoms with Gasteiger partial charge in [0.1, 0.15) is 0 Å². The topological polar surface area (TPSA) is 66.5 Å². The molecular formula is C17H12Cl2N2O3. The largest absolute Gasteiger partial charge is 0.322 e. The van der Waals surface area contributed by atoms with Crippen LogP contribution in [0.15, 0.2) is 48.5 Å². The molecule has 1 N–H and O–H groups in total. The Morgan fingerprint density at radius 3 is 2.25 bits per heavy atom. The second-order valence-corrected chi connectivity index (χ2v) is 6.06. The standard InChI is InChI=1S/C17H12Cl2N2O3/c18-11-7-4-8-12(19)15(11)20-16(23)14-13(22)9-21(17(14)24)10-5-2-1-3-6-10/h1-8,14H,9H2,(H,20,23). The van der Waals surface area contributed by atoms with Crippen LogP contribution in [-0.4, -0.2) is 24.1 Å². The van der Waals surface area contributed by atoms with Crippen molar-refractivity contribution in [2.24, 2.45) is 5.92 Å². The highest BCUT2D eigenvalue weighted by Gasteiger charge is 2.44. The number of halogens is 2. The van der Waals surface area contributed by atoms with Crippen LogP contribution >= 0.6 is 23.2 Å². The molecule has 0 saturated carbocycles. The van der Waals surface area contributed by atoms with Crippen LogP contribution in [0, 0.1) is 5.92 Å². The molecule has 2 aromatic rings. The highest BCUT2D eigenvalue weighted by Crippen LogP contribution is 2.31. The zero-order valence-electron chi connectivity index (χ0n) is 12.3. The summed E-state index contributed by atoms with van der Waals surface area (Å²) in [6, 6.07) is 13.5. The summed E-state index contributed by atoms with van der Waals surface area (Å²) in [5.74, 6) is -3.17. The van der Waals surface area contributed by atoms with Gasteiger partial charge in [-0.3, -0.25) is 14.4 Å². The van der Waals surface area contributed by atoms with Crippen molar-refractivity contribution in [2.75, 3.05) is 16.8 Å². The molecule has 2 aromatic carbocycles. The highest BCUT2D eigenvalue weighted by atomic mass is 35.5. The Balaban J connectivity index is 1.83. The number of nitrogens with zero attached hydrogens (tertiary/aromatic N) is 1. The first-order chi connectivity index (χ1) is 11.5. The molecule has 1 atom stereocenters. The van der Waals surface area contributed by atoms with E-state index in [0.29, 0.717) is 5.69 Å².